The highest BCUT2D eigenvalue weighted by Gasteiger charge is 2.12. The zero-order valence-electron chi connectivity index (χ0n) is 9.20. The number of hydrogen-bond donors (Lipinski definition) is 4. The zero-order valence-corrected chi connectivity index (χ0v) is 9.20. The highest BCUT2D eigenvalue weighted by atomic mass is 16.4. The molecule has 98 valence electrons. The van der Waals surface area contributed by atoms with Gasteiger partial charge < -0.3 is 25.8 Å². The predicted molar refractivity (Wildman–Crippen MR) is 55.3 cm³/mol. The van der Waals surface area contributed by atoms with Crippen molar-refractivity contribution >= 4 is 24.2 Å². The van der Waals surface area contributed by atoms with Crippen LogP contribution in [-0.2, 0) is 19.2 Å². The van der Waals surface area contributed by atoms with E-state index in [0.29, 0.717) is 6.29 Å². The summed E-state index contributed by atoms with van der Waals surface area (Å²) in [6.45, 7) is 1.33. The monoisotopic (exact) mass is 249 g/mol. The SMILES string of the molecule is CC(C=O)C(=O)O.N[C@@H](CCC(=O)O)C(=O)O. The van der Waals surface area contributed by atoms with Gasteiger partial charge in [-0.25, -0.2) is 0 Å². The Hall–Kier alpha value is -1.96. The number of nitrogens with two attached hydrogens (primary N) is 1. The number of aldehydes is 1. The third kappa shape index (κ3) is 12.0. The number of carboxylic acid groups (broad SMARTS) is 3. The van der Waals surface area contributed by atoms with Crippen LogP contribution in [0, 0.1) is 5.92 Å². The van der Waals surface area contributed by atoms with Gasteiger partial charge in [-0.1, -0.05) is 0 Å². The van der Waals surface area contributed by atoms with Crippen molar-refractivity contribution in [1.82, 2.24) is 0 Å². The van der Waals surface area contributed by atoms with E-state index in [1.807, 2.05) is 0 Å². The first-order valence-electron chi connectivity index (χ1n) is 4.60. The Labute approximate surface area is 97.0 Å². The summed E-state index contributed by atoms with van der Waals surface area (Å²) in [4.78, 5) is 39.1. The summed E-state index contributed by atoms with van der Waals surface area (Å²) in [5.74, 6) is -4.13. The van der Waals surface area contributed by atoms with Crippen molar-refractivity contribution in [2.24, 2.45) is 11.7 Å². The molecule has 0 amide bonds. The topological polar surface area (TPSA) is 155 Å². The van der Waals surface area contributed by atoms with Crippen LogP contribution in [0.4, 0.5) is 0 Å². The fraction of sp³-hybridized carbons (Fsp3) is 0.556. The van der Waals surface area contributed by atoms with Crippen LogP contribution in [0.5, 0.6) is 0 Å². The van der Waals surface area contributed by atoms with E-state index < -0.39 is 29.9 Å². The minimum absolute atomic E-state index is 0.0231. The van der Waals surface area contributed by atoms with Crippen LogP contribution in [0.1, 0.15) is 19.8 Å². The van der Waals surface area contributed by atoms with E-state index in [1.54, 1.807) is 0 Å². The van der Waals surface area contributed by atoms with E-state index in [0.717, 1.165) is 0 Å². The second-order valence-corrected chi connectivity index (χ2v) is 3.14. The quantitative estimate of drug-likeness (QED) is 0.351. The molecule has 17 heavy (non-hydrogen) atoms. The van der Waals surface area contributed by atoms with Gasteiger partial charge in [0.25, 0.3) is 0 Å². The Morgan fingerprint density at radius 2 is 1.65 bits per heavy atom. The fourth-order valence-corrected chi connectivity index (χ4v) is 0.461. The molecule has 1 unspecified atom stereocenters. The van der Waals surface area contributed by atoms with Gasteiger partial charge in [0.2, 0.25) is 0 Å². The summed E-state index contributed by atoms with van der Waals surface area (Å²) in [7, 11) is 0. The molecule has 0 aliphatic heterocycles. The van der Waals surface area contributed by atoms with Crippen LogP contribution >= 0.6 is 0 Å². The molecule has 0 rings (SSSR count). The highest BCUT2D eigenvalue weighted by Crippen LogP contribution is 1.93. The Morgan fingerprint density at radius 3 is 1.82 bits per heavy atom. The lowest BCUT2D eigenvalue weighted by molar-refractivity contribution is -0.143. The summed E-state index contributed by atoms with van der Waals surface area (Å²) < 4.78 is 0. The average Bonchev–Trinajstić information content (AvgIpc) is 2.24. The van der Waals surface area contributed by atoms with Crippen LogP contribution in [0.3, 0.4) is 0 Å². The van der Waals surface area contributed by atoms with Crippen LogP contribution < -0.4 is 5.73 Å². The Bertz CT molecular complexity index is 289. The predicted octanol–water partition coefficient (Wildman–Crippen LogP) is -0.831. The molecule has 0 aromatic rings. The number of aliphatic carboxylic acids is 3. The van der Waals surface area contributed by atoms with Crippen LogP contribution in [-0.4, -0.2) is 45.6 Å². The lowest BCUT2D eigenvalue weighted by Gasteiger charge is -2.01. The highest BCUT2D eigenvalue weighted by molar-refractivity contribution is 5.85. The van der Waals surface area contributed by atoms with Gasteiger partial charge in [-0.2, -0.15) is 0 Å². The maximum absolute atomic E-state index is 9.99. The molecule has 0 radical (unpaired) electrons. The molecule has 0 aliphatic rings. The van der Waals surface area contributed by atoms with E-state index in [1.165, 1.54) is 6.92 Å². The minimum atomic E-state index is -1.17. The number of rotatable bonds is 6. The molecule has 0 spiro atoms. The molecule has 0 aromatic carbocycles. The molecule has 0 aliphatic carbocycles. The van der Waals surface area contributed by atoms with Crippen molar-refractivity contribution in [1.29, 1.82) is 0 Å². The summed E-state index contributed by atoms with van der Waals surface area (Å²) >= 11 is 0. The summed E-state index contributed by atoms with van der Waals surface area (Å²) in [5.41, 5.74) is 5.00. The van der Waals surface area contributed by atoms with E-state index in [2.05, 4.69) is 0 Å². The molecule has 0 aromatic heterocycles. The van der Waals surface area contributed by atoms with E-state index in [-0.39, 0.29) is 12.8 Å². The lowest BCUT2D eigenvalue weighted by Crippen LogP contribution is -2.30. The smallest absolute Gasteiger partial charge is 0.320 e. The van der Waals surface area contributed by atoms with Crippen LogP contribution in [0.15, 0.2) is 0 Å². The number of carbonyl (C=O) groups is 4. The van der Waals surface area contributed by atoms with Crippen molar-refractivity contribution in [2.75, 3.05) is 0 Å². The Morgan fingerprint density at radius 1 is 1.18 bits per heavy atom. The number of hydrogen-bond acceptors (Lipinski definition) is 5. The largest absolute Gasteiger partial charge is 0.481 e. The van der Waals surface area contributed by atoms with Crippen molar-refractivity contribution < 1.29 is 34.5 Å². The lowest BCUT2D eigenvalue weighted by atomic mass is 10.2. The molecule has 0 saturated heterocycles. The molecule has 0 heterocycles. The third-order valence-electron chi connectivity index (χ3n) is 1.58. The molecular weight excluding hydrogens is 234 g/mol. The maximum atomic E-state index is 9.99. The first-order valence-corrected chi connectivity index (χ1v) is 4.60. The zero-order chi connectivity index (χ0) is 14.0. The van der Waals surface area contributed by atoms with Crippen molar-refractivity contribution in [3.05, 3.63) is 0 Å². The average molecular weight is 249 g/mol. The molecule has 5 N–H and O–H groups in total. The standard InChI is InChI=1S/C5H9NO4.C4H6O3/c6-3(5(9)10)1-2-4(7)8;1-3(2-5)4(6)7/h3H,1-2,6H2,(H,7,8)(H,9,10);2-3H,1H3,(H,6,7)/t3-;/m0./s1. The van der Waals surface area contributed by atoms with Gasteiger partial charge in [0.1, 0.15) is 18.2 Å². The molecule has 8 nitrogen and oxygen atoms in total. The van der Waals surface area contributed by atoms with Gasteiger partial charge in [0.15, 0.2) is 0 Å². The number of carbonyl (C=O) groups excluding carboxylic acids is 1. The first-order chi connectivity index (χ1) is 7.72. The normalized spacial score (nSPS) is 12.6. The van der Waals surface area contributed by atoms with Gasteiger partial charge in [-0.15, -0.1) is 0 Å². The van der Waals surface area contributed by atoms with Gasteiger partial charge in [0.05, 0.1) is 0 Å². The van der Waals surface area contributed by atoms with Gasteiger partial charge in [0, 0.05) is 6.42 Å². The minimum Gasteiger partial charge on any atom is -0.481 e. The van der Waals surface area contributed by atoms with Crippen molar-refractivity contribution in [3.63, 3.8) is 0 Å². The molecule has 0 fully saturated rings. The van der Waals surface area contributed by atoms with Crippen molar-refractivity contribution in [2.45, 2.75) is 25.8 Å². The molecule has 0 saturated carbocycles. The third-order valence-corrected chi connectivity index (χ3v) is 1.58. The fourth-order valence-electron chi connectivity index (χ4n) is 0.461. The summed E-state index contributed by atoms with van der Waals surface area (Å²) in [5, 5.41) is 24.2. The molecular formula is C9H15NO7. The first kappa shape index (κ1) is 17.4. The second-order valence-electron chi connectivity index (χ2n) is 3.14. The molecule has 2 atom stereocenters. The van der Waals surface area contributed by atoms with E-state index in [9.17, 15) is 19.2 Å². The van der Waals surface area contributed by atoms with Gasteiger partial charge in [-0.05, 0) is 13.3 Å². The van der Waals surface area contributed by atoms with E-state index in [4.69, 9.17) is 21.1 Å². The van der Waals surface area contributed by atoms with E-state index >= 15 is 0 Å². The molecule has 0 bridgehead atoms. The Kier molecular flexibility index (Phi) is 9.52. The van der Waals surface area contributed by atoms with Gasteiger partial charge in [-0.3, -0.25) is 14.4 Å². The van der Waals surface area contributed by atoms with Gasteiger partial charge >= 0.3 is 17.9 Å². The van der Waals surface area contributed by atoms with Crippen LogP contribution in [0.2, 0.25) is 0 Å². The molecule has 8 heteroatoms. The second kappa shape index (κ2) is 9.28. The summed E-state index contributed by atoms with van der Waals surface area (Å²) in [6, 6.07) is -1.06. The van der Waals surface area contributed by atoms with Crippen LogP contribution in [0.25, 0.3) is 0 Å². The number of carboxylic acids is 3. The summed E-state index contributed by atoms with van der Waals surface area (Å²) in [6.07, 6.45) is 0.167. The maximum Gasteiger partial charge on any atom is 0.320 e. The van der Waals surface area contributed by atoms with Crippen molar-refractivity contribution in [3.8, 4) is 0 Å². The Balaban J connectivity index is 0.